The van der Waals surface area contributed by atoms with Gasteiger partial charge in [0.2, 0.25) is 0 Å². The van der Waals surface area contributed by atoms with Crippen LogP contribution in [0.25, 0.3) is 0 Å². The molecule has 1 rings (SSSR count). The Morgan fingerprint density at radius 3 is 2.67 bits per heavy atom. The molecule has 7 nitrogen and oxygen atoms in total. The summed E-state index contributed by atoms with van der Waals surface area (Å²) in [5.74, 6) is -1.34. The Hall–Kier alpha value is -1.86. The van der Waals surface area contributed by atoms with Gasteiger partial charge in [0.15, 0.2) is 0 Å². The second-order valence-corrected chi connectivity index (χ2v) is 4.05. The number of rotatable bonds is 5. The number of nitrogens with one attached hydrogen (secondary N) is 1. The van der Waals surface area contributed by atoms with Gasteiger partial charge in [-0.05, 0) is 6.92 Å². The number of nitro benzene ring substituents is 1. The van der Waals surface area contributed by atoms with Gasteiger partial charge in [0, 0.05) is 18.7 Å². The molecule has 0 aliphatic carbocycles. The predicted molar refractivity (Wildman–Crippen MR) is 65.2 cm³/mol. The van der Waals surface area contributed by atoms with Crippen LogP contribution in [0.15, 0.2) is 12.1 Å². The quantitative estimate of drug-likeness (QED) is 0.557. The van der Waals surface area contributed by atoms with Crippen LogP contribution in [0.5, 0.6) is 0 Å². The van der Waals surface area contributed by atoms with E-state index in [9.17, 15) is 14.9 Å². The van der Waals surface area contributed by atoms with Crippen molar-refractivity contribution in [2.75, 3.05) is 11.9 Å². The van der Waals surface area contributed by atoms with Gasteiger partial charge < -0.3 is 15.5 Å². The number of non-ortho nitro benzene ring substituents is 1. The van der Waals surface area contributed by atoms with Crippen molar-refractivity contribution < 1.29 is 19.9 Å². The molecule has 0 aliphatic rings. The van der Waals surface area contributed by atoms with Crippen LogP contribution in [0.4, 0.5) is 11.4 Å². The topological polar surface area (TPSA) is 113 Å². The first-order chi connectivity index (χ1) is 8.32. The molecule has 8 heteroatoms. The molecule has 0 radical (unpaired) electrons. The molecule has 0 aromatic heterocycles. The molecule has 0 aliphatic heterocycles. The minimum Gasteiger partial charge on any atom is -0.478 e. The van der Waals surface area contributed by atoms with Gasteiger partial charge in [0.25, 0.3) is 5.69 Å². The zero-order valence-electron chi connectivity index (χ0n) is 9.38. The summed E-state index contributed by atoms with van der Waals surface area (Å²) in [5.41, 5.74) is -0.662. The second kappa shape index (κ2) is 5.65. The third-order valence-electron chi connectivity index (χ3n) is 2.09. The van der Waals surface area contributed by atoms with Crippen LogP contribution in [0.2, 0.25) is 5.02 Å². The van der Waals surface area contributed by atoms with E-state index in [0.29, 0.717) is 0 Å². The fourth-order valence-corrected chi connectivity index (χ4v) is 1.58. The van der Waals surface area contributed by atoms with Crippen LogP contribution in [0, 0.1) is 10.1 Å². The summed E-state index contributed by atoms with van der Waals surface area (Å²) in [7, 11) is 0. The van der Waals surface area contributed by atoms with E-state index in [1.54, 1.807) is 0 Å². The molecule has 1 atom stereocenters. The number of nitro groups is 1. The van der Waals surface area contributed by atoms with Crippen molar-refractivity contribution in [1.82, 2.24) is 0 Å². The van der Waals surface area contributed by atoms with E-state index >= 15 is 0 Å². The highest BCUT2D eigenvalue weighted by Gasteiger charge is 2.20. The summed E-state index contributed by atoms with van der Waals surface area (Å²) in [6.07, 6.45) is -0.710. The Kier molecular flexibility index (Phi) is 4.46. The lowest BCUT2D eigenvalue weighted by atomic mass is 10.1. The van der Waals surface area contributed by atoms with Crippen LogP contribution < -0.4 is 5.32 Å². The number of hydrogen-bond donors (Lipinski definition) is 3. The Bertz CT molecular complexity index is 489. The fraction of sp³-hybridized carbons (Fsp3) is 0.300. The van der Waals surface area contributed by atoms with Gasteiger partial charge >= 0.3 is 5.97 Å². The molecule has 1 aromatic rings. The number of benzene rings is 1. The van der Waals surface area contributed by atoms with Gasteiger partial charge in [-0.1, -0.05) is 11.6 Å². The van der Waals surface area contributed by atoms with E-state index in [0.717, 1.165) is 12.1 Å². The molecule has 1 unspecified atom stereocenters. The van der Waals surface area contributed by atoms with Crippen LogP contribution >= 0.6 is 11.6 Å². The van der Waals surface area contributed by atoms with Gasteiger partial charge in [0.05, 0.1) is 27.3 Å². The zero-order valence-corrected chi connectivity index (χ0v) is 10.1. The van der Waals surface area contributed by atoms with Crippen molar-refractivity contribution in [1.29, 1.82) is 0 Å². The Labute approximate surface area is 107 Å². The lowest BCUT2D eigenvalue weighted by Gasteiger charge is -2.12. The second-order valence-electron chi connectivity index (χ2n) is 3.64. The molecule has 0 amide bonds. The molecule has 1 aromatic carbocycles. The zero-order chi connectivity index (χ0) is 13.9. The first kappa shape index (κ1) is 14.2. The van der Waals surface area contributed by atoms with Gasteiger partial charge in [-0.15, -0.1) is 0 Å². The van der Waals surface area contributed by atoms with Crippen LogP contribution in [-0.4, -0.2) is 33.8 Å². The number of nitrogens with zero attached hydrogens (tertiary/aromatic N) is 1. The molecule has 3 N–H and O–H groups in total. The number of anilines is 1. The van der Waals surface area contributed by atoms with Crippen molar-refractivity contribution in [2.24, 2.45) is 0 Å². The highest BCUT2D eigenvalue weighted by Crippen LogP contribution is 2.31. The van der Waals surface area contributed by atoms with E-state index in [2.05, 4.69) is 5.32 Å². The Morgan fingerprint density at radius 1 is 1.61 bits per heavy atom. The first-order valence-electron chi connectivity index (χ1n) is 4.96. The molecule has 0 saturated heterocycles. The summed E-state index contributed by atoms with van der Waals surface area (Å²) in [4.78, 5) is 20.9. The third kappa shape index (κ3) is 3.31. The van der Waals surface area contributed by atoms with Crippen molar-refractivity contribution in [3.63, 3.8) is 0 Å². The van der Waals surface area contributed by atoms with Crippen molar-refractivity contribution in [2.45, 2.75) is 13.0 Å². The smallest absolute Gasteiger partial charge is 0.338 e. The average Bonchev–Trinajstić information content (AvgIpc) is 2.25. The van der Waals surface area contributed by atoms with E-state index < -0.39 is 22.7 Å². The average molecular weight is 275 g/mol. The molecule has 18 heavy (non-hydrogen) atoms. The number of carboxylic acids is 1. The van der Waals surface area contributed by atoms with Gasteiger partial charge in [-0.3, -0.25) is 10.1 Å². The van der Waals surface area contributed by atoms with Gasteiger partial charge in [-0.2, -0.15) is 0 Å². The standard InChI is InChI=1S/C10H11ClN2O5/c1-5(14)4-12-9-7(10(15)16)2-6(13(17)18)3-8(9)11/h2-3,5,12,14H,4H2,1H3,(H,15,16). The lowest BCUT2D eigenvalue weighted by Crippen LogP contribution is -2.17. The highest BCUT2D eigenvalue weighted by molar-refractivity contribution is 6.34. The number of hydrogen-bond acceptors (Lipinski definition) is 5. The van der Waals surface area contributed by atoms with Crippen molar-refractivity contribution in [3.05, 3.63) is 32.8 Å². The molecule has 0 fully saturated rings. The minimum atomic E-state index is -1.34. The van der Waals surface area contributed by atoms with Crippen LogP contribution in [0.1, 0.15) is 17.3 Å². The molecule has 0 spiro atoms. The van der Waals surface area contributed by atoms with E-state index in [4.69, 9.17) is 21.8 Å². The maximum atomic E-state index is 11.0. The maximum absolute atomic E-state index is 11.0. The first-order valence-corrected chi connectivity index (χ1v) is 5.34. The number of halogens is 1. The number of aliphatic hydroxyl groups is 1. The molecule has 0 bridgehead atoms. The van der Waals surface area contributed by atoms with Crippen molar-refractivity contribution in [3.8, 4) is 0 Å². The number of aromatic carboxylic acids is 1. The third-order valence-corrected chi connectivity index (χ3v) is 2.39. The molecular formula is C10H11ClN2O5. The molecule has 0 heterocycles. The summed E-state index contributed by atoms with van der Waals surface area (Å²) in [5, 5.41) is 31.3. The predicted octanol–water partition coefficient (Wildman–Crippen LogP) is 1.74. The highest BCUT2D eigenvalue weighted by atomic mass is 35.5. The monoisotopic (exact) mass is 274 g/mol. The number of carbonyl (C=O) groups is 1. The minimum absolute atomic E-state index is 0.0515. The summed E-state index contributed by atoms with van der Waals surface area (Å²) < 4.78 is 0. The van der Waals surface area contributed by atoms with Crippen molar-refractivity contribution >= 4 is 28.9 Å². The fourth-order valence-electron chi connectivity index (χ4n) is 1.30. The Balaban J connectivity index is 3.23. The normalized spacial score (nSPS) is 11.9. The number of carboxylic acid groups (broad SMARTS) is 1. The van der Waals surface area contributed by atoms with E-state index in [1.807, 2.05) is 0 Å². The lowest BCUT2D eigenvalue weighted by molar-refractivity contribution is -0.384. The van der Waals surface area contributed by atoms with Gasteiger partial charge in [-0.25, -0.2) is 4.79 Å². The number of aliphatic hydroxyl groups excluding tert-OH is 1. The van der Waals surface area contributed by atoms with E-state index in [-0.39, 0.29) is 22.8 Å². The maximum Gasteiger partial charge on any atom is 0.338 e. The molecule has 0 saturated carbocycles. The Morgan fingerprint density at radius 2 is 2.22 bits per heavy atom. The molecule has 98 valence electrons. The molecular weight excluding hydrogens is 264 g/mol. The van der Waals surface area contributed by atoms with Crippen LogP contribution in [-0.2, 0) is 0 Å². The van der Waals surface area contributed by atoms with E-state index in [1.165, 1.54) is 6.92 Å². The summed E-state index contributed by atoms with van der Waals surface area (Å²) in [6.45, 7) is 1.59. The largest absolute Gasteiger partial charge is 0.478 e. The summed E-state index contributed by atoms with van der Waals surface area (Å²) >= 11 is 5.79. The van der Waals surface area contributed by atoms with Crippen LogP contribution in [0.3, 0.4) is 0 Å². The van der Waals surface area contributed by atoms with Gasteiger partial charge in [0.1, 0.15) is 0 Å². The summed E-state index contributed by atoms with van der Waals surface area (Å²) in [6, 6.07) is 1.97. The SMILES string of the molecule is CC(O)CNc1c(Cl)cc([N+](=O)[O-])cc1C(=O)O.